The molecule has 0 spiro atoms. The predicted molar refractivity (Wildman–Crippen MR) is 307 cm³/mol. The van der Waals surface area contributed by atoms with Gasteiger partial charge in [0.15, 0.2) is 6.10 Å². The number of carbonyl (C=O) groups is 3. The van der Waals surface area contributed by atoms with Crippen molar-refractivity contribution >= 4 is 17.9 Å². The number of hydrogen-bond donors (Lipinski definition) is 0. The average Bonchev–Trinajstić information content (AvgIpc) is 3.37. The fourth-order valence-corrected chi connectivity index (χ4v) is 8.12. The number of rotatable bonds is 53. The van der Waals surface area contributed by atoms with Crippen LogP contribution in [0.15, 0.2) is 97.2 Å². The van der Waals surface area contributed by atoms with Crippen LogP contribution in [-0.2, 0) is 28.6 Å². The molecule has 0 heterocycles. The van der Waals surface area contributed by atoms with E-state index in [0.717, 1.165) is 122 Å². The van der Waals surface area contributed by atoms with Crippen molar-refractivity contribution in [2.75, 3.05) is 13.2 Å². The highest BCUT2D eigenvalue weighted by Crippen LogP contribution is 2.16. The van der Waals surface area contributed by atoms with Gasteiger partial charge in [0.05, 0.1) is 0 Å². The van der Waals surface area contributed by atoms with E-state index in [1.54, 1.807) is 0 Å². The van der Waals surface area contributed by atoms with Crippen molar-refractivity contribution in [3.63, 3.8) is 0 Å². The molecule has 0 rings (SSSR count). The van der Waals surface area contributed by atoms with Gasteiger partial charge in [0, 0.05) is 19.3 Å². The highest BCUT2D eigenvalue weighted by atomic mass is 16.6. The monoisotopic (exact) mass is 987 g/mol. The van der Waals surface area contributed by atoms with Crippen LogP contribution in [0.4, 0.5) is 0 Å². The molecule has 0 aromatic carbocycles. The molecule has 0 N–H and O–H groups in total. The molecular formula is C65H110O6. The highest BCUT2D eigenvalue weighted by molar-refractivity contribution is 5.71. The van der Waals surface area contributed by atoms with E-state index >= 15 is 0 Å². The van der Waals surface area contributed by atoms with Crippen LogP contribution < -0.4 is 0 Å². The minimum absolute atomic E-state index is 0.0959. The highest BCUT2D eigenvalue weighted by Gasteiger charge is 2.19. The van der Waals surface area contributed by atoms with Gasteiger partial charge in [-0.2, -0.15) is 0 Å². The topological polar surface area (TPSA) is 78.9 Å². The second-order valence-corrected chi connectivity index (χ2v) is 19.5. The Hall–Kier alpha value is -3.67. The number of ether oxygens (including phenoxy) is 3. The van der Waals surface area contributed by atoms with Gasteiger partial charge in [0.2, 0.25) is 0 Å². The summed E-state index contributed by atoms with van der Waals surface area (Å²) in [5, 5.41) is 0. The Kier molecular flexibility index (Phi) is 55.9. The summed E-state index contributed by atoms with van der Waals surface area (Å²) in [6, 6.07) is 0. The van der Waals surface area contributed by atoms with Crippen LogP contribution in [0.1, 0.15) is 278 Å². The minimum atomic E-state index is -0.803. The van der Waals surface area contributed by atoms with Crippen molar-refractivity contribution in [2.24, 2.45) is 0 Å². The Labute approximate surface area is 438 Å². The van der Waals surface area contributed by atoms with Gasteiger partial charge in [-0.25, -0.2) is 0 Å². The molecule has 0 saturated heterocycles. The summed E-state index contributed by atoms with van der Waals surface area (Å²) >= 11 is 0. The van der Waals surface area contributed by atoms with E-state index in [1.807, 2.05) is 0 Å². The molecule has 0 aliphatic carbocycles. The quantitative estimate of drug-likeness (QED) is 0.0261. The molecule has 6 heteroatoms. The number of unbranched alkanes of at least 4 members (excludes halogenated alkanes) is 26. The molecule has 1 atom stereocenters. The zero-order valence-electron chi connectivity index (χ0n) is 46.5. The number of allylic oxidation sites excluding steroid dienone is 16. The smallest absolute Gasteiger partial charge is 0.306 e. The van der Waals surface area contributed by atoms with Gasteiger partial charge in [-0.3, -0.25) is 14.4 Å². The number of hydrogen-bond acceptors (Lipinski definition) is 6. The summed E-state index contributed by atoms with van der Waals surface area (Å²) in [4.78, 5) is 38.2. The first-order valence-electron chi connectivity index (χ1n) is 29.7. The molecule has 6 nitrogen and oxygen atoms in total. The lowest BCUT2D eigenvalue weighted by atomic mass is 10.0. The molecule has 71 heavy (non-hydrogen) atoms. The third-order valence-electron chi connectivity index (χ3n) is 12.6. The van der Waals surface area contributed by atoms with Crippen molar-refractivity contribution in [1.82, 2.24) is 0 Å². The van der Waals surface area contributed by atoms with Crippen LogP contribution in [0.3, 0.4) is 0 Å². The standard InChI is InChI=1S/C65H110O6/c1-4-7-10-13-16-19-22-25-28-31-32-35-37-40-43-46-49-52-55-58-64(67)70-61-62(71-65(68)59-56-53-50-47-44-41-38-34-30-27-24-21-18-15-12-9-6-3)60-69-63(66)57-54-51-48-45-42-39-36-33-29-26-23-20-17-14-11-8-5-2/h7,10,16,18-19,21,25,27-28,30,32,35,38,40-41,43,62H,4-6,8-9,11-15,17,20,22-24,26,29,31,33-34,36-37,39,42,44-61H2,1-3H3/b10-7-,19-16-,21-18-,28-25-,30-27-,35-32-,41-38-,43-40-/t62-/m1/s1. The maximum Gasteiger partial charge on any atom is 0.306 e. The molecule has 0 fully saturated rings. The van der Waals surface area contributed by atoms with Gasteiger partial charge in [0.1, 0.15) is 13.2 Å². The Bertz CT molecular complexity index is 1410. The van der Waals surface area contributed by atoms with Crippen LogP contribution in [-0.4, -0.2) is 37.2 Å². The van der Waals surface area contributed by atoms with Gasteiger partial charge < -0.3 is 14.2 Å². The van der Waals surface area contributed by atoms with Crippen molar-refractivity contribution in [1.29, 1.82) is 0 Å². The first-order chi connectivity index (χ1) is 35.0. The van der Waals surface area contributed by atoms with E-state index in [4.69, 9.17) is 14.2 Å². The largest absolute Gasteiger partial charge is 0.462 e. The lowest BCUT2D eigenvalue weighted by Crippen LogP contribution is -2.30. The minimum Gasteiger partial charge on any atom is -0.462 e. The van der Waals surface area contributed by atoms with E-state index < -0.39 is 6.10 Å². The van der Waals surface area contributed by atoms with Crippen molar-refractivity contribution in [3.8, 4) is 0 Å². The van der Waals surface area contributed by atoms with Crippen LogP contribution in [0.5, 0.6) is 0 Å². The van der Waals surface area contributed by atoms with Gasteiger partial charge in [0.25, 0.3) is 0 Å². The average molecular weight is 988 g/mol. The van der Waals surface area contributed by atoms with Gasteiger partial charge >= 0.3 is 17.9 Å². The van der Waals surface area contributed by atoms with E-state index in [2.05, 4.69) is 118 Å². The lowest BCUT2D eigenvalue weighted by Gasteiger charge is -2.18. The molecule has 0 saturated carbocycles. The zero-order chi connectivity index (χ0) is 51.4. The van der Waals surface area contributed by atoms with E-state index in [9.17, 15) is 14.4 Å². The van der Waals surface area contributed by atoms with Crippen LogP contribution >= 0.6 is 0 Å². The first-order valence-corrected chi connectivity index (χ1v) is 29.7. The lowest BCUT2D eigenvalue weighted by molar-refractivity contribution is -0.167. The Morgan fingerprint density at radius 3 is 0.901 bits per heavy atom. The summed E-state index contributed by atoms with van der Waals surface area (Å²) in [6.07, 6.45) is 78.2. The predicted octanol–water partition coefficient (Wildman–Crippen LogP) is 20.1. The van der Waals surface area contributed by atoms with Gasteiger partial charge in [-0.1, -0.05) is 253 Å². The molecule has 0 aromatic rings. The second-order valence-electron chi connectivity index (χ2n) is 19.5. The Morgan fingerprint density at radius 2 is 0.549 bits per heavy atom. The third kappa shape index (κ3) is 57.1. The summed E-state index contributed by atoms with van der Waals surface area (Å²) in [5.74, 6) is -0.944. The third-order valence-corrected chi connectivity index (χ3v) is 12.6. The fourth-order valence-electron chi connectivity index (χ4n) is 8.12. The fraction of sp³-hybridized carbons (Fsp3) is 0.708. The number of carbonyl (C=O) groups excluding carboxylic acids is 3. The maximum absolute atomic E-state index is 12.9. The summed E-state index contributed by atoms with van der Waals surface area (Å²) in [6.45, 7) is 6.47. The molecule has 406 valence electrons. The Morgan fingerprint density at radius 1 is 0.296 bits per heavy atom. The second kappa shape index (κ2) is 58.9. The molecular weight excluding hydrogens is 877 g/mol. The summed E-state index contributed by atoms with van der Waals surface area (Å²) in [5.41, 5.74) is 0. The molecule has 0 unspecified atom stereocenters. The van der Waals surface area contributed by atoms with Crippen LogP contribution in [0.2, 0.25) is 0 Å². The SMILES string of the molecule is CC/C=C\C/C=C\C/C=C\C/C=C\C/C=C\CCCCCC(=O)OC[C@@H](COC(=O)CCCCCCCCCCCCCCCCCCC)OC(=O)CCCCCC/C=C\C/C=C\C/C=C\CCCCC. The molecule has 0 amide bonds. The zero-order valence-corrected chi connectivity index (χ0v) is 46.5. The molecule has 0 aliphatic rings. The van der Waals surface area contributed by atoms with Gasteiger partial charge in [-0.05, 0) is 103 Å². The molecule has 0 bridgehead atoms. The summed E-state index contributed by atoms with van der Waals surface area (Å²) in [7, 11) is 0. The van der Waals surface area contributed by atoms with E-state index in [0.29, 0.717) is 19.3 Å². The van der Waals surface area contributed by atoms with E-state index in [-0.39, 0.29) is 31.1 Å². The maximum atomic E-state index is 12.9. The summed E-state index contributed by atoms with van der Waals surface area (Å²) < 4.78 is 16.9. The van der Waals surface area contributed by atoms with Gasteiger partial charge in [-0.15, -0.1) is 0 Å². The van der Waals surface area contributed by atoms with Crippen molar-refractivity contribution in [2.45, 2.75) is 284 Å². The van der Waals surface area contributed by atoms with Crippen molar-refractivity contribution in [3.05, 3.63) is 97.2 Å². The molecule has 0 aromatic heterocycles. The number of esters is 3. The van der Waals surface area contributed by atoms with E-state index in [1.165, 1.54) is 116 Å². The van der Waals surface area contributed by atoms with Crippen LogP contribution in [0.25, 0.3) is 0 Å². The van der Waals surface area contributed by atoms with Crippen LogP contribution in [0, 0.1) is 0 Å². The normalized spacial score (nSPS) is 12.8. The first kappa shape index (κ1) is 67.3. The Balaban J connectivity index is 4.48. The van der Waals surface area contributed by atoms with Crippen molar-refractivity contribution < 1.29 is 28.6 Å². The molecule has 0 radical (unpaired) electrons. The molecule has 0 aliphatic heterocycles.